The van der Waals surface area contributed by atoms with Gasteiger partial charge in [-0.05, 0) is 62.8 Å². The Morgan fingerprint density at radius 1 is 0.351 bits per heavy atom. The number of rotatable bonds is 6. The van der Waals surface area contributed by atoms with Gasteiger partial charge in [0.15, 0.2) is 5.82 Å². The first-order chi connectivity index (χ1) is 28.3. The van der Waals surface area contributed by atoms with E-state index in [2.05, 4.69) is 205 Å². The first-order valence-corrected chi connectivity index (χ1v) is 19.3. The van der Waals surface area contributed by atoms with Gasteiger partial charge in [-0.2, -0.15) is 5.10 Å². The van der Waals surface area contributed by atoms with Crippen LogP contribution < -0.4 is 0 Å². The molecule has 0 saturated heterocycles. The minimum atomic E-state index is 0.674. The van der Waals surface area contributed by atoms with E-state index in [0.29, 0.717) is 5.82 Å². The highest BCUT2D eigenvalue weighted by Crippen LogP contribution is 2.48. The highest BCUT2D eigenvalue weighted by molar-refractivity contribution is 6.24. The van der Waals surface area contributed by atoms with Crippen molar-refractivity contribution in [3.05, 3.63) is 206 Å². The Kier molecular flexibility index (Phi) is 7.78. The van der Waals surface area contributed by atoms with Crippen LogP contribution in [0.25, 0.3) is 105 Å². The lowest BCUT2D eigenvalue weighted by Crippen LogP contribution is -2.00. The molecule has 2 heterocycles. The summed E-state index contributed by atoms with van der Waals surface area (Å²) in [5.74, 6) is 0.674. The molecule has 0 radical (unpaired) electrons. The molecule has 0 aliphatic heterocycles. The van der Waals surface area contributed by atoms with E-state index in [9.17, 15) is 0 Å². The fourth-order valence-electron chi connectivity index (χ4n) is 8.31. The highest BCUT2D eigenvalue weighted by Gasteiger charge is 2.27. The molecule has 57 heavy (non-hydrogen) atoms. The quantitative estimate of drug-likeness (QED) is 0.171. The second-order valence-electron chi connectivity index (χ2n) is 14.4. The molecule has 11 aromatic rings. The molecular formula is C53H34N4. The average molecular weight is 727 g/mol. The van der Waals surface area contributed by atoms with Crippen LogP contribution in [0.5, 0.6) is 0 Å². The second-order valence-corrected chi connectivity index (χ2v) is 14.4. The van der Waals surface area contributed by atoms with E-state index < -0.39 is 0 Å². The Hall–Kier alpha value is -7.69. The third-order valence-electron chi connectivity index (χ3n) is 11.0. The molecule has 4 nitrogen and oxygen atoms in total. The van der Waals surface area contributed by atoms with Gasteiger partial charge in [-0.15, -0.1) is 0 Å². The number of benzene rings is 9. The van der Waals surface area contributed by atoms with Gasteiger partial charge in [0.25, 0.3) is 0 Å². The maximum Gasteiger partial charge on any atom is 0.160 e. The van der Waals surface area contributed by atoms with Gasteiger partial charge in [0.2, 0.25) is 0 Å². The van der Waals surface area contributed by atoms with Crippen LogP contribution in [0.3, 0.4) is 0 Å². The van der Waals surface area contributed by atoms with Crippen LogP contribution in [0, 0.1) is 0 Å². The largest absolute Gasteiger partial charge is 0.232 e. The van der Waals surface area contributed by atoms with Gasteiger partial charge in [-0.1, -0.05) is 176 Å². The molecule has 0 spiro atoms. The van der Waals surface area contributed by atoms with Crippen molar-refractivity contribution in [2.24, 2.45) is 0 Å². The number of para-hydroxylation sites is 1. The summed E-state index contributed by atoms with van der Waals surface area (Å²) >= 11 is 0. The number of hydrogen-bond donors (Lipinski definition) is 0. The molecule has 0 aliphatic rings. The fourth-order valence-corrected chi connectivity index (χ4v) is 8.31. The van der Waals surface area contributed by atoms with Crippen molar-refractivity contribution < 1.29 is 0 Å². The van der Waals surface area contributed by atoms with E-state index in [1.807, 2.05) is 6.07 Å². The Balaban J connectivity index is 1.30. The van der Waals surface area contributed by atoms with Crippen LogP contribution in [0.4, 0.5) is 0 Å². The Bertz CT molecular complexity index is 3180. The van der Waals surface area contributed by atoms with Crippen LogP contribution in [-0.4, -0.2) is 19.7 Å². The lowest BCUT2D eigenvalue weighted by Gasteiger charge is -2.19. The standard InChI is InChI=1S/C53H34N4/c1-4-18-37(19-5-1)48-49(44-26-14-15-27-45(44)52-50(48)51(38-20-6-2-7-21-38)56-57(52)43-24-8-3-9-25-43)47-34-46(41-30-28-35-16-10-12-22-39(35)32-41)54-53(55-47)42-31-29-36-17-11-13-23-40(36)33-42/h1-34H. The molecular weight excluding hydrogens is 693 g/mol. The maximum atomic E-state index is 5.54. The summed E-state index contributed by atoms with van der Waals surface area (Å²) < 4.78 is 2.12. The summed E-state index contributed by atoms with van der Waals surface area (Å²) in [6.07, 6.45) is 0. The summed E-state index contributed by atoms with van der Waals surface area (Å²) in [4.78, 5) is 10.9. The highest BCUT2D eigenvalue weighted by atomic mass is 15.3. The zero-order chi connectivity index (χ0) is 37.7. The van der Waals surface area contributed by atoms with Crippen molar-refractivity contribution in [3.8, 4) is 62.0 Å². The predicted molar refractivity (Wildman–Crippen MR) is 236 cm³/mol. The second kappa shape index (κ2) is 13.6. The average Bonchev–Trinajstić information content (AvgIpc) is 3.70. The number of aromatic nitrogens is 4. The third-order valence-corrected chi connectivity index (χ3v) is 11.0. The van der Waals surface area contributed by atoms with Gasteiger partial charge >= 0.3 is 0 Å². The molecule has 266 valence electrons. The van der Waals surface area contributed by atoms with Gasteiger partial charge in [-0.3, -0.25) is 0 Å². The van der Waals surface area contributed by atoms with E-state index in [0.717, 1.165) is 83.2 Å². The number of fused-ring (bicyclic) bond motifs is 5. The normalized spacial score (nSPS) is 11.5. The third kappa shape index (κ3) is 5.66. The SMILES string of the molecule is c1ccc(-c2nn(-c3ccccc3)c3c2c(-c2ccccc2)c(-c2cc(-c4ccc5ccccc5c4)nc(-c4ccc5ccccc5c4)n2)c2ccccc23)cc1. The number of nitrogens with zero attached hydrogens (tertiary/aromatic N) is 4. The summed E-state index contributed by atoms with van der Waals surface area (Å²) in [6.45, 7) is 0. The zero-order valence-corrected chi connectivity index (χ0v) is 30.9. The van der Waals surface area contributed by atoms with Crippen LogP contribution in [0.15, 0.2) is 206 Å². The molecule has 9 aromatic carbocycles. The summed E-state index contributed by atoms with van der Waals surface area (Å²) in [7, 11) is 0. The molecule has 0 bridgehead atoms. The molecule has 0 fully saturated rings. The smallest absolute Gasteiger partial charge is 0.160 e. The Morgan fingerprint density at radius 2 is 0.877 bits per heavy atom. The van der Waals surface area contributed by atoms with Crippen molar-refractivity contribution >= 4 is 43.2 Å². The lowest BCUT2D eigenvalue weighted by molar-refractivity contribution is 0.918. The molecule has 4 heteroatoms. The first-order valence-electron chi connectivity index (χ1n) is 19.3. The van der Waals surface area contributed by atoms with Crippen molar-refractivity contribution in [1.29, 1.82) is 0 Å². The van der Waals surface area contributed by atoms with Crippen LogP contribution in [0.2, 0.25) is 0 Å². The molecule has 0 atom stereocenters. The van der Waals surface area contributed by atoms with Crippen molar-refractivity contribution in [3.63, 3.8) is 0 Å². The summed E-state index contributed by atoms with van der Waals surface area (Å²) in [5.41, 5.74) is 10.9. The minimum Gasteiger partial charge on any atom is -0.232 e. The van der Waals surface area contributed by atoms with Crippen molar-refractivity contribution in [2.75, 3.05) is 0 Å². The first kappa shape index (κ1) is 32.7. The van der Waals surface area contributed by atoms with E-state index in [4.69, 9.17) is 15.1 Å². The van der Waals surface area contributed by atoms with Crippen LogP contribution in [0.1, 0.15) is 0 Å². The molecule has 0 amide bonds. The minimum absolute atomic E-state index is 0.674. The Labute approximate surface area is 330 Å². The maximum absolute atomic E-state index is 5.54. The van der Waals surface area contributed by atoms with E-state index in [1.165, 1.54) is 16.2 Å². The van der Waals surface area contributed by atoms with Gasteiger partial charge in [0, 0.05) is 38.6 Å². The van der Waals surface area contributed by atoms with Gasteiger partial charge < -0.3 is 0 Å². The molecule has 11 rings (SSSR count). The summed E-state index contributed by atoms with van der Waals surface area (Å²) in [5, 5.41) is 13.4. The molecule has 0 saturated carbocycles. The van der Waals surface area contributed by atoms with Gasteiger partial charge in [-0.25, -0.2) is 14.6 Å². The van der Waals surface area contributed by atoms with Crippen molar-refractivity contribution in [2.45, 2.75) is 0 Å². The lowest BCUT2D eigenvalue weighted by atomic mass is 9.86. The van der Waals surface area contributed by atoms with E-state index in [-0.39, 0.29) is 0 Å². The van der Waals surface area contributed by atoms with Crippen LogP contribution in [-0.2, 0) is 0 Å². The molecule has 0 N–H and O–H groups in total. The van der Waals surface area contributed by atoms with E-state index >= 15 is 0 Å². The van der Waals surface area contributed by atoms with Crippen molar-refractivity contribution in [1.82, 2.24) is 19.7 Å². The van der Waals surface area contributed by atoms with E-state index in [1.54, 1.807) is 0 Å². The fraction of sp³-hybridized carbons (Fsp3) is 0. The van der Waals surface area contributed by atoms with Crippen LogP contribution >= 0.6 is 0 Å². The Morgan fingerprint density at radius 3 is 1.56 bits per heavy atom. The molecule has 2 aromatic heterocycles. The zero-order valence-electron chi connectivity index (χ0n) is 30.9. The monoisotopic (exact) mass is 726 g/mol. The van der Waals surface area contributed by atoms with Gasteiger partial charge in [0.05, 0.1) is 22.6 Å². The number of hydrogen-bond acceptors (Lipinski definition) is 3. The topological polar surface area (TPSA) is 43.6 Å². The molecule has 0 unspecified atom stereocenters. The summed E-state index contributed by atoms with van der Waals surface area (Å²) in [6, 6.07) is 72.6. The predicted octanol–water partition coefficient (Wildman–Crippen LogP) is 13.6. The molecule has 0 aliphatic carbocycles. The van der Waals surface area contributed by atoms with Gasteiger partial charge in [0.1, 0.15) is 5.69 Å².